The summed E-state index contributed by atoms with van der Waals surface area (Å²) in [6.45, 7) is 2.14. The van der Waals surface area contributed by atoms with Crippen LogP contribution in [0.2, 0.25) is 5.02 Å². The monoisotopic (exact) mass is 376 g/mol. The Morgan fingerprint density at radius 2 is 1.92 bits per heavy atom. The summed E-state index contributed by atoms with van der Waals surface area (Å²) < 4.78 is 0. The van der Waals surface area contributed by atoms with E-state index in [-0.39, 0.29) is 42.5 Å². The van der Waals surface area contributed by atoms with Gasteiger partial charge >= 0.3 is 0 Å². The minimum atomic E-state index is -0.106. The predicted molar refractivity (Wildman–Crippen MR) is 100.0 cm³/mol. The summed E-state index contributed by atoms with van der Waals surface area (Å²) in [5, 5.41) is 6.69. The number of halogens is 1. The average molecular weight is 377 g/mol. The summed E-state index contributed by atoms with van der Waals surface area (Å²) in [6, 6.07) is 6.92. The summed E-state index contributed by atoms with van der Waals surface area (Å²) in [5.74, 6) is 0.855. The van der Waals surface area contributed by atoms with E-state index in [0.29, 0.717) is 28.8 Å². The number of nitrogens with one attached hydrogen (secondary N) is 2. The third kappa shape index (κ3) is 4.64. The molecule has 2 fully saturated rings. The molecule has 0 spiro atoms. The molecule has 0 bridgehead atoms. The molecule has 0 aromatic heterocycles. The Morgan fingerprint density at radius 1 is 1.19 bits per heavy atom. The van der Waals surface area contributed by atoms with Crippen molar-refractivity contribution in [3.63, 3.8) is 0 Å². The minimum absolute atomic E-state index is 0.0612. The van der Waals surface area contributed by atoms with Gasteiger partial charge in [-0.25, -0.2) is 0 Å². The number of carbonyl (C=O) groups excluding carboxylic acids is 3. The van der Waals surface area contributed by atoms with Gasteiger partial charge in [0, 0.05) is 41.9 Å². The number of hydrogen-bond donors (Lipinski definition) is 2. The number of amides is 2. The maximum atomic E-state index is 12.2. The zero-order valence-electron chi connectivity index (χ0n) is 15.0. The fraction of sp³-hybridized carbons (Fsp3) is 0.550. The maximum Gasteiger partial charge on any atom is 0.220 e. The van der Waals surface area contributed by atoms with Gasteiger partial charge in [-0.3, -0.25) is 14.4 Å². The lowest BCUT2D eigenvalue weighted by Crippen LogP contribution is -2.54. The van der Waals surface area contributed by atoms with Crippen molar-refractivity contribution in [2.24, 2.45) is 11.8 Å². The van der Waals surface area contributed by atoms with E-state index in [1.54, 1.807) is 24.3 Å². The topological polar surface area (TPSA) is 75.3 Å². The van der Waals surface area contributed by atoms with Crippen LogP contribution in [0.4, 0.5) is 0 Å². The molecule has 2 amide bonds. The van der Waals surface area contributed by atoms with E-state index < -0.39 is 0 Å². The van der Waals surface area contributed by atoms with Crippen LogP contribution in [0.3, 0.4) is 0 Å². The molecule has 6 heteroatoms. The first kappa shape index (κ1) is 18.9. The van der Waals surface area contributed by atoms with Crippen LogP contribution in [0.25, 0.3) is 0 Å². The normalized spacial score (nSPS) is 28.0. The summed E-state index contributed by atoms with van der Waals surface area (Å²) in [6.07, 6.45) is 3.68. The first-order valence-corrected chi connectivity index (χ1v) is 9.67. The number of carbonyl (C=O) groups is 3. The quantitative estimate of drug-likeness (QED) is 0.775. The second kappa shape index (κ2) is 8.21. The van der Waals surface area contributed by atoms with Crippen LogP contribution in [0, 0.1) is 11.8 Å². The van der Waals surface area contributed by atoms with Crippen molar-refractivity contribution in [2.75, 3.05) is 0 Å². The first-order chi connectivity index (χ1) is 12.4. The van der Waals surface area contributed by atoms with E-state index in [1.165, 1.54) is 0 Å². The van der Waals surface area contributed by atoms with E-state index in [9.17, 15) is 14.4 Å². The minimum Gasteiger partial charge on any atom is -0.353 e. The smallest absolute Gasteiger partial charge is 0.220 e. The highest BCUT2D eigenvalue weighted by Crippen LogP contribution is 2.35. The van der Waals surface area contributed by atoms with Crippen LogP contribution in [0.1, 0.15) is 55.8 Å². The zero-order chi connectivity index (χ0) is 18.7. The van der Waals surface area contributed by atoms with Crippen molar-refractivity contribution >= 4 is 29.2 Å². The van der Waals surface area contributed by atoms with Crippen molar-refractivity contribution in [1.29, 1.82) is 0 Å². The molecule has 1 aliphatic carbocycles. The van der Waals surface area contributed by atoms with Gasteiger partial charge in [0.05, 0.1) is 0 Å². The van der Waals surface area contributed by atoms with Crippen LogP contribution in [0.5, 0.6) is 0 Å². The maximum absolute atomic E-state index is 12.2. The molecule has 3 rings (SSSR count). The van der Waals surface area contributed by atoms with Gasteiger partial charge in [-0.05, 0) is 55.4 Å². The molecule has 26 heavy (non-hydrogen) atoms. The SMILES string of the molecule is CC1CC(=O)NC2CC(NC(=O)CCC(=O)c3ccc(Cl)cc3)CCC12. The van der Waals surface area contributed by atoms with Gasteiger partial charge in [-0.15, -0.1) is 0 Å². The van der Waals surface area contributed by atoms with Gasteiger partial charge in [0.25, 0.3) is 0 Å². The number of piperidine rings is 1. The molecule has 1 aliphatic heterocycles. The number of rotatable bonds is 5. The summed E-state index contributed by atoms with van der Waals surface area (Å²) >= 11 is 5.82. The molecule has 1 saturated carbocycles. The molecule has 5 nitrogen and oxygen atoms in total. The third-order valence-electron chi connectivity index (χ3n) is 5.60. The van der Waals surface area contributed by atoms with Crippen molar-refractivity contribution in [2.45, 2.75) is 57.5 Å². The van der Waals surface area contributed by atoms with Gasteiger partial charge in [0.1, 0.15) is 0 Å². The van der Waals surface area contributed by atoms with Gasteiger partial charge in [-0.2, -0.15) is 0 Å². The Kier molecular flexibility index (Phi) is 5.97. The molecule has 0 radical (unpaired) electrons. The van der Waals surface area contributed by atoms with Gasteiger partial charge in [-0.1, -0.05) is 18.5 Å². The second-order valence-electron chi connectivity index (χ2n) is 7.53. The molecule has 4 atom stereocenters. The van der Waals surface area contributed by atoms with Crippen LogP contribution in [-0.4, -0.2) is 29.7 Å². The van der Waals surface area contributed by atoms with Crippen LogP contribution >= 0.6 is 11.6 Å². The Labute approximate surface area is 158 Å². The standard InChI is InChI=1S/C20H25ClN2O3/c1-12-10-20(26)23-17-11-15(6-7-16(12)17)22-19(25)9-8-18(24)13-2-4-14(21)5-3-13/h2-5,12,15-17H,6-11H2,1H3,(H,22,25)(H,23,26). The highest BCUT2D eigenvalue weighted by molar-refractivity contribution is 6.30. The summed E-state index contributed by atoms with van der Waals surface area (Å²) in [4.78, 5) is 36.1. The highest BCUT2D eigenvalue weighted by atomic mass is 35.5. The Morgan fingerprint density at radius 3 is 2.65 bits per heavy atom. The van der Waals surface area contributed by atoms with Crippen LogP contribution in [-0.2, 0) is 9.59 Å². The van der Waals surface area contributed by atoms with Gasteiger partial charge < -0.3 is 10.6 Å². The van der Waals surface area contributed by atoms with Crippen molar-refractivity contribution in [3.8, 4) is 0 Å². The van der Waals surface area contributed by atoms with Crippen molar-refractivity contribution in [1.82, 2.24) is 10.6 Å². The second-order valence-corrected chi connectivity index (χ2v) is 7.96. The van der Waals surface area contributed by atoms with Crippen LogP contribution < -0.4 is 10.6 Å². The molecule has 1 saturated heterocycles. The molecular formula is C20H25ClN2O3. The number of ketones is 1. The molecular weight excluding hydrogens is 352 g/mol. The van der Waals surface area contributed by atoms with E-state index >= 15 is 0 Å². The zero-order valence-corrected chi connectivity index (χ0v) is 15.7. The molecule has 4 unspecified atom stereocenters. The molecule has 2 aliphatic rings. The van der Waals surface area contributed by atoms with Crippen molar-refractivity contribution in [3.05, 3.63) is 34.9 Å². The van der Waals surface area contributed by atoms with Crippen molar-refractivity contribution < 1.29 is 14.4 Å². The molecule has 1 heterocycles. The van der Waals surface area contributed by atoms with E-state index in [4.69, 9.17) is 11.6 Å². The van der Waals surface area contributed by atoms with E-state index in [1.807, 2.05) is 0 Å². The lowest BCUT2D eigenvalue weighted by molar-refractivity contribution is -0.127. The van der Waals surface area contributed by atoms with E-state index in [0.717, 1.165) is 19.3 Å². The highest BCUT2D eigenvalue weighted by Gasteiger charge is 2.38. The largest absolute Gasteiger partial charge is 0.353 e. The Balaban J connectivity index is 1.45. The number of hydrogen-bond acceptors (Lipinski definition) is 3. The average Bonchev–Trinajstić information content (AvgIpc) is 2.60. The number of benzene rings is 1. The predicted octanol–water partition coefficient (Wildman–Crippen LogP) is 3.11. The summed E-state index contributed by atoms with van der Waals surface area (Å²) in [5.41, 5.74) is 0.571. The third-order valence-corrected chi connectivity index (χ3v) is 5.85. The lowest BCUT2D eigenvalue weighted by Gasteiger charge is -2.43. The fourth-order valence-corrected chi connectivity index (χ4v) is 4.31. The van der Waals surface area contributed by atoms with E-state index in [2.05, 4.69) is 17.6 Å². The first-order valence-electron chi connectivity index (χ1n) is 9.30. The Bertz CT molecular complexity index is 689. The van der Waals surface area contributed by atoms with Gasteiger partial charge in [0.2, 0.25) is 11.8 Å². The Hall–Kier alpha value is -1.88. The summed E-state index contributed by atoms with van der Waals surface area (Å²) in [7, 11) is 0. The van der Waals surface area contributed by atoms with Gasteiger partial charge in [0.15, 0.2) is 5.78 Å². The molecule has 1 aromatic rings. The number of Topliss-reactive ketones (excluding diaryl/α,β-unsaturated/α-hetero) is 1. The molecule has 1 aromatic carbocycles. The van der Waals surface area contributed by atoms with Crippen LogP contribution in [0.15, 0.2) is 24.3 Å². The number of fused-ring (bicyclic) bond motifs is 1. The lowest BCUT2D eigenvalue weighted by atomic mass is 9.72. The molecule has 140 valence electrons. The molecule has 2 N–H and O–H groups in total. The fourth-order valence-electron chi connectivity index (χ4n) is 4.19.